The number of amides is 1. The topological polar surface area (TPSA) is 90.2 Å². The van der Waals surface area contributed by atoms with E-state index in [0.717, 1.165) is 15.8 Å². The molecule has 10 heteroatoms. The minimum absolute atomic E-state index is 0.106. The van der Waals surface area contributed by atoms with Crippen molar-refractivity contribution in [2.45, 2.75) is 31.2 Å². The average Bonchev–Trinajstić information content (AvgIpc) is 3.42. The van der Waals surface area contributed by atoms with Gasteiger partial charge in [-0.05, 0) is 31.9 Å². The number of benzene rings is 2. The van der Waals surface area contributed by atoms with E-state index >= 15 is 0 Å². The molecule has 0 saturated carbocycles. The average molecular weight is 498 g/mol. The van der Waals surface area contributed by atoms with E-state index < -0.39 is 15.9 Å². The highest BCUT2D eigenvalue weighted by Crippen LogP contribution is 2.37. The molecule has 2 aliphatic heterocycles. The molecule has 0 radical (unpaired) electrons. The molecule has 3 heterocycles. The number of rotatable bonds is 4. The summed E-state index contributed by atoms with van der Waals surface area (Å²) in [6.45, 7) is 2.80. The first-order valence-corrected chi connectivity index (χ1v) is 13.1. The van der Waals surface area contributed by atoms with Crippen LogP contribution in [0.5, 0.6) is 11.5 Å². The number of hydrogen-bond acceptors (Lipinski definition) is 6. The van der Waals surface area contributed by atoms with Crippen molar-refractivity contribution in [1.29, 1.82) is 0 Å². The van der Waals surface area contributed by atoms with Crippen molar-refractivity contribution in [3.05, 3.63) is 46.8 Å². The largest absolute Gasteiger partial charge is 0.454 e. The van der Waals surface area contributed by atoms with E-state index in [4.69, 9.17) is 15.9 Å². The Hall–Kier alpha value is -3.13. The summed E-state index contributed by atoms with van der Waals surface area (Å²) in [6, 6.07) is 10.4. The van der Waals surface area contributed by atoms with Gasteiger partial charge in [0.05, 0.1) is 27.6 Å². The second-order valence-corrected chi connectivity index (χ2v) is 11.3. The van der Waals surface area contributed by atoms with Gasteiger partial charge in [-0.2, -0.15) is 9.30 Å². The van der Waals surface area contributed by atoms with Gasteiger partial charge in [0.15, 0.2) is 16.3 Å². The number of terminal acetylenes is 1. The normalized spacial score (nSPS) is 18.8. The zero-order valence-electron chi connectivity index (χ0n) is 18.6. The molecule has 0 N–H and O–H groups in total. The minimum Gasteiger partial charge on any atom is -0.454 e. The summed E-state index contributed by atoms with van der Waals surface area (Å²) in [5.74, 6) is 3.01. The number of carbonyl (C=O) groups is 1. The number of thiazole rings is 1. The van der Waals surface area contributed by atoms with Crippen LogP contribution in [0.2, 0.25) is 0 Å². The molecule has 8 nitrogen and oxygen atoms in total. The van der Waals surface area contributed by atoms with Gasteiger partial charge in [0.1, 0.15) is 0 Å². The van der Waals surface area contributed by atoms with Gasteiger partial charge in [0, 0.05) is 25.2 Å². The highest BCUT2D eigenvalue weighted by atomic mass is 32.2. The van der Waals surface area contributed by atoms with Gasteiger partial charge in [0.25, 0.3) is 5.91 Å². The van der Waals surface area contributed by atoms with Gasteiger partial charge in [-0.15, -0.1) is 6.42 Å². The predicted octanol–water partition coefficient (Wildman–Crippen LogP) is 2.90. The van der Waals surface area contributed by atoms with Crippen molar-refractivity contribution in [2.75, 3.05) is 19.9 Å². The summed E-state index contributed by atoms with van der Waals surface area (Å²) in [5.41, 5.74) is 1.79. The fourth-order valence-electron chi connectivity index (χ4n) is 4.20. The third-order valence-electron chi connectivity index (χ3n) is 6.02. The molecular formula is C24H23N3O5S2. The number of aromatic nitrogens is 1. The summed E-state index contributed by atoms with van der Waals surface area (Å²) in [7, 11) is -3.68. The zero-order chi connectivity index (χ0) is 23.9. The number of hydrogen-bond donors (Lipinski definition) is 0. The van der Waals surface area contributed by atoms with Gasteiger partial charge in [0.2, 0.25) is 16.8 Å². The molecule has 1 amide bonds. The highest BCUT2D eigenvalue weighted by Gasteiger charge is 2.33. The molecule has 2 aliphatic rings. The van der Waals surface area contributed by atoms with E-state index in [2.05, 4.69) is 10.9 Å². The van der Waals surface area contributed by atoms with Crippen molar-refractivity contribution >= 4 is 37.5 Å². The maximum atomic E-state index is 13.2. The van der Waals surface area contributed by atoms with Crippen LogP contribution in [0.25, 0.3) is 10.2 Å². The number of nitrogens with zero attached hydrogens (tertiary/aromatic N) is 3. The maximum Gasteiger partial charge on any atom is 0.252 e. The van der Waals surface area contributed by atoms with Gasteiger partial charge in [-0.3, -0.25) is 4.79 Å². The number of sulfonamides is 1. The number of ether oxygens (including phenoxy) is 2. The van der Waals surface area contributed by atoms with Gasteiger partial charge >= 0.3 is 0 Å². The molecule has 0 spiro atoms. The molecular weight excluding hydrogens is 474 g/mol. The first-order chi connectivity index (χ1) is 16.4. The molecule has 1 fully saturated rings. The lowest BCUT2D eigenvalue weighted by Gasteiger charge is -2.30. The number of aryl methyl sites for hydroxylation is 1. The second kappa shape index (κ2) is 8.91. The Morgan fingerprint density at radius 1 is 1.24 bits per heavy atom. The summed E-state index contributed by atoms with van der Waals surface area (Å²) < 4.78 is 41.2. The van der Waals surface area contributed by atoms with E-state index in [9.17, 15) is 13.2 Å². The van der Waals surface area contributed by atoms with E-state index in [1.54, 1.807) is 28.8 Å². The van der Waals surface area contributed by atoms with Crippen LogP contribution in [0.3, 0.4) is 0 Å². The Balaban J connectivity index is 1.44. The monoisotopic (exact) mass is 497 g/mol. The van der Waals surface area contributed by atoms with Crippen molar-refractivity contribution < 1.29 is 22.7 Å². The van der Waals surface area contributed by atoms with Gasteiger partial charge in [-0.25, -0.2) is 8.42 Å². The summed E-state index contributed by atoms with van der Waals surface area (Å²) in [5, 5.41) is 0. The molecule has 2 aromatic carbocycles. The Morgan fingerprint density at radius 2 is 1.97 bits per heavy atom. The molecule has 1 saturated heterocycles. The molecule has 0 bridgehead atoms. The lowest BCUT2D eigenvalue weighted by Crippen LogP contribution is -2.42. The van der Waals surface area contributed by atoms with Crippen LogP contribution in [0.4, 0.5) is 0 Å². The quantitative estimate of drug-likeness (QED) is 0.517. The minimum atomic E-state index is -3.68. The lowest BCUT2D eigenvalue weighted by atomic mass is 9.99. The zero-order valence-corrected chi connectivity index (χ0v) is 20.2. The molecule has 34 heavy (non-hydrogen) atoms. The van der Waals surface area contributed by atoms with E-state index in [-0.39, 0.29) is 30.7 Å². The predicted molar refractivity (Wildman–Crippen MR) is 128 cm³/mol. The van der Waals surface area contributed by atoms with Crippen LogP contribution < -0.4 is 14.3 Å². The first kappa shape index (κ1) is 22.7. The third-order valence-corrected chi connectivity index (χ3v) is 8.94. The van der Waals surface area contributed by atoms with Crippen LogP contribution in [0.15, 0.2) is 46.3 Å². The van der Waals surface area contributed by atoms with Crippen LogP contribution in [0.1, 0.15) is 18.4 Å². The fourth-order valence-corrected chi connectivity index (χ4v) is 6.77. The summed E-state index contributed by atoms with van der Waals surface area (Å²) >= 11 is 1.34. The van der Waals surface area contributed by atoms with Crippen LogP contribution in [-0.2, 0) is 21.4 Å². The SMILES string of the molecule is C#CCn1c(=NC(=O)C2CCCN(S(=O)(=O)c3ccc(C)cc3)C2)sc2cc3c(cc21)OCO3. The second-order valence-electron chi connectivity index (χ2n) is 8.31. The smallest absolute Gasteiger partial charge is 0.252 e. The Morgan fingerprint density at radius 3 is 2.71 bits per heavy atom. The number of carbonyl (C=O) groups excluding carboxylic acids is 1. The Labute approximate surface area is 201 Å². The molecule has 5 rings (SSSR count). The summed E-state index contributed by atoms with van der Waals surface area (Å²) in [4.78, 5) is 18.3. The molecule has 1 atom stereocenters. The Kier molecular flexibility index (Phi) is 5.93. The number of fused-ring (bicyclic) bond motifs is 2. The molecule has 1 unspecified atom stereocenters. The highest BCUT2D eigenvalue weighted by molar-refractivity contribution is 7.89. The molecule has 0 aliphatic carbocycles. The summed E-state index contributed by atoms with van der Waals surface area (Å²) in [6.07, 6.45) is 6.75. The van der Waals surface area contributed by atoms with E-state index in [1.165, 1.54) is 15.6 Å². The Bertz CT molecular complexity index is 1480. The van der Waals surface area contributed by atoms with Crippen molar-refractivity contribution in [3.8, 4) is 23.8 Å². The van der Waals surface area contributed by atoms with Crippen LogP contribution in [-0.4, -0.2) is 43.1 Å². The van der Waals surface area contributed by atoms with Crippen LogP contribution >= 0.6 is 11.3 Å². The molecule has 176 valence electrons. The maximum absolute atomic E-state index is 13.2. The third kappa shape index (κ3) is 4.11. The molecule has 1 aromatic heterocycles. The van der Waals surface area contributed by atoms with E-state index in [1.807, 2.05) is 19.1 Å². The van der Waals surface area contributed by atoms with Crippen molar-refractivity contribution in [3.63, 3.8) is 0 Å². The molecule has 3 aromatic rings. The van der Waals surface area contributed by atoms with Crippen molar-refractivity contribution in [1.82, 2.24) is 8.87 Å². The van der Waals surface area contributed by atoms with Gasteiger partial charge < -0.3 is 14.0 Å². The fraction of sp³-hybridized carbons (Fsp3) is 0.333. The van der Waals surface area contributed by atoms with Crippen LogP contribution in [0, 0.1) is 25.2 Å². The lowest BCUT2D eigenvalue weighted by molar-refractivity contribution is -0.122. The van der Waals surface area contributed by atoms with Gasteiger partial charge in [-0.1, -0.05) is 35.0 Å². The first-order valence-electron chi connectivity index (χ1n) is 10.9. The van der Waals surface area contributed by atoms with Crippen molar-refractivity contribution in [2.24, 2.45) is 10.9 Å². The number of piperidine rings is 1. The van der Waals surface area contributed by atoms with E-state index in [0.29, 0.717) is 35.7 Å². The standard InChI is InChI=1S/C24H23N3O5S2/c1-3-10-27-19-12-20-21(32-15-31-20)13-22(19)33-24(27)25-23(28)17-5-4-11-26(14-17)34(29,30)18-8-6-16(2)7-9-18/h1,6-9,12-13,17H,4-5,10-11,14-15H2,2H3.